The van der Waals surface area contributed by atoms with Crippen LogP contribution < -0.4 is 14.8 Å². The van der Waals surface area contributed by atoms with Crippen LogP contribution >= 0.6 is 23.2 Å². The number of benzene rings is 1. The van der Waals surface area contributed by atoms with E-state index in [1.54, 1.807) is 18.2 Å². The normalized spacial score (nSPS) is 10.2. The lowest BCUT2D eigenvalue weighted by molar-refractivity contribution is -0.147. The lowest BCUT2D eigenvalue weighted by atomic mass is 10.3. The van der Waals surface area contributed by atoms with Crippen molar-refractivity contribution >= 4 is 40.9 Å². The Morgan fingerprint density at radius 1 is 1.15 bits per heavy atom. The number of hydrogen-bond acceptors (Lipinski definition) is 6. The van der Waals surface area contributed by atoms with Crippen molar-refractivity contribution in [1.82, 2.24) is 4.98 Å². The third-order valence-electron chi connectivity index (χ3n) is 3.14. The summed E-state index contributed by atoms with van der Waals surface area (Å²) in [4.78, 5) is 27.4. The first-order valence-electron chi connectivity index (χ1n) is 8.10. The predicted octanol–water partition coefficient (Wildman–Crippen LogP) is 3.74. The third kappa shape index (κ3) is 6.96. The molecule has 2 rings (SSSR count). The van der Waals surface area contributed by atoms with Gasteiger partial charge < -0.3 is 19.5 Å². The molecule has 0 unspecified atom stereocenters. The monoisotopic (exact) mass is 412 g/mol. The third-order valence-corrected chi connectivity index (χ3v) is 3.64. The number of aromatic nitrogens is 1. The number of esters is 1. The second-order valence-corrected chi connectivity index (χ2v) is 6.01. The minimum atomic E-state index is -0.575. The van der Waals surface area contributed by atoms with Gasteiger partial charge in [-0.15, -0.1) is 0 Å². The van der Waals surface area contributed by atoms with E-state index in [9.17, 15) is 9.59 Å². The molecule has 0 saturated carbocycles. The number of anilines is 1. The molecular formula is C18H18Cl2N2O5. The zero-order chi connectivity index (χ0) is 19.6. The average Bonchev–Trinajstić information content (AvgIpc) is 2.64. The first-order chi connectivity index (χ1) is 13.0. The van der Waals surface area contributed by atoms with Gasteiger partial charge in [0.1, 0.15) is 0 Å². The summed E-state index contributed by atoms with van der Waals surface area (Å²) in [6.07, 6.45) is 1.32. The van der Waals surface area contributed by atoms with E-state index in [0.29, 0.717) is 23.1 Å². The van der Waals surface area contributed by atoms with Gasteiger partial charge in [0.2, 0.25) is 0 Å². The molecule has 0 bridgehead atoms. The van der Waals surface area contributed by atoms with Crippen LogP contribution in [0.2, 0.25) is 10.0 Å². The van der Waals surface area contributed by atoms with Gasteiger partial charge in [0.15, 0.2) is 23.9 Å². The summed E-state index contributed by atoms with van der Waals surface area (Å²) in [5, 5.41) is 2.96. The number of nitrogens with zero attached hydrogens (tertiary/aromatic N) is 1. The zero-order valence-electron chi connectivity index (χ0n) is 14.5. The average molecular weight is 413 g/mol. The Bertz CT molecular complexity index is 801. The smallest absolute Gasteiger partial charge is 0.309 e. The van der Waals surface area contributed by atoms with E-state index in [-0.39, 0.29) is 23.9 Å². The molecule has 2 aromatic rings. The standard InChI is InChI=1S/C18H18Cl2N2O5/c1-2-25-14-5-3-4-6-15(14)26-8-7-17(24)27-11-16(23)22-18-13(20)9-12(19)10-21-18/h3-6,9-10H,2,7-8,11H2,1H3,(H,21,22,23). The van der Waals surface area contributed by atoms with Crippen LogP contribution in [-0.2, 0) is 14.3 Å². The van der Waals surface area contributed by atoms with Crippen LogP contribution in [-0.4, -0.2) is 36.7 Å². The number of hydrogen-bond donors (Lipinski definition) is 1. The van der Waals surface area contributed by atoms with Crippen LogP contribution in [0, 0.1) is 0 Å². The molecule has 0 fully saturated rings. The molecule has 1 heterocycles. The van der Waals surface area contributed by atoms with Crippen molar-refractivity contribution in [2.45, 2.75) is 13.3 Å². The fourth-order valence-corrected chi connectivity index (χ4v) is 2.41. The Hall–Kier alpha value is -2.51. The van der Waals surface area contributed by atoms with Crippen molar-refractivity contribution in [3.05, 3.63) is 46.6 Å². The summed E-state index contributed by atoms with van der Waals surface area (Å²) in [6.45, 7) is 2.00. The molecule has 9 heteroatoms. The molecule has 1 aromatic heterocycles. The summed E-state index contributed by atoms with van der Waals surface area (Å²) < 4.78 is 15.8. The molecule has 0 saturated heterocycles. The first kappa shape index (κ1) is 20.8. The maximum Gasteiger partial charge on any atom is 0.309 e. The van der Waals surface area contributed by atoms with Crippen molar-refractivity contribution in [2.24, 2.45) is 0 Å². The van der Waals surface area contributed by atoms with E-state index in [1.165, 1.54) is 12.3 Å². The number of amides is 1. The molecule has 0 radical (unpaired) electrons. The van der Waals surface area contributed by atoms with Gasteiger partial charge in [-0.2, -0.15) is 0 Å². The topological polar surface area (TPSA) is 86.8 Å². The van der Waals surface area contributed by atoms with Gasteiger partial charge in [0, 0.05) is 6.20 Å². The van der Waals surface area contributed by atoms with E-state index in [2.05, 4.69) is 10.3 Å². The number of carbonyl (C=O) groups is 2. The SMILES string of the molecule is CCOc1ccccc1OCCC(=O)OCC(=O)Nc1ncc(Cl)cc1Cl. The molecule has 0 aliphatic carbocycles. The number of ether oxygens (including phenoxy) is 3. The maximum atomic E-state index is 11.8. The van der Waals surface area contributed by atoms with Crippen molar-refractivity contribution < 1.29 is 23.8 Å². The lowest BCUT2D eigenvalue weighted by Crippen LogP contribution is -2.22. The molecule has 1 aromatic carbocycles. The molecule has 0 atom stereocenters. The summed E-state index contributed by atoms with van der Waals surface area (Å²) in [6, 6.07) is 8.59. The molecule has 27 heavy (non-hydrogen) atoms. The van der Waals surface area contributed by atoms with Crippen molar-refractivity contribution in [3.8, 4) is 11.5 Å². The predicted molar refractivity (Wildman–Crippen MR) is 102 cm³/mol. The number of para-hydroxylation sites is 2. The second-order valence-electron chi connectivity index (χ2n) is 5.17. The van der Waals surface area contributed by atoms with Crippen LogP contribution in [0.3, 0.4) is 0 Å². The Morgan fingerprint density at radius 3 is 2.52 bits per heavy atom. The summed E-state index contributed by atoms with van der Waals surface area (Å²) in [5.41, 5.74) is 0. The number of nitrogens with one attached hydrogen (secondary N) is 1. The van der Waals surface area contributed by atoms with Crippen molar-refractivity contribution in [1.29, 1.82) is 0 Å². The van der Waals surface area contributed by atoms with E-state index >= 15 is 0 Å². The fraction of sp³-hybridized carbons (Fsp3) is 0.278. The second kappa shape index (κ2) is 10.6. The fourth-order valence-electron chi connectivity index (χ4n) is 1.98. The summed E-state index contributed by atoms with van der Waals surface area (Å²) >= 11 is 11.6. The van der Waals surface area contributed by atoms with Gasteiger partial charge in [-0.1, -0.05) is 35.3 Å². The van der Waals surface area contributed by atoms with Gasteiger partial charge in [-0.25, -0.2) is 4.98 Å². The quantitative estimate of drug-likeness (QED) is 0.631. The van der Waals surface area contributed by atoms with Crippen molar-refractivity contribution in [2.75, 3.05) is 25.1 Å². The minimum Gasteiger partial charge on any atom is -0.490 e. The van der Waals surface area contributed by atoms with E-state index in [0.717, 1.165) is 0 Å². The maximum absolute atomic E-state index is 11.8. The van der Waals surface area contributed by atoms with Crippen LogP contribution in [0.15, 0.2) is 36.5 Å². The van der Waals surface area contributed by atoms with Gasteiger partial charge in [-0.05, 0) is 25.1 Å². The number of halogens is 2. The van der Waals surface area contributed by atoms with Gasteiger partial charge in [0.25, 0.3) is 5.91 Å². The first-order valence-corrected chi connectivity index (χ1v) is 8.86. The Labute approximate surface area is 166 Å². The van der Waals surface area contributed by atoms with Crippen LogP contribution in [0.1, 0.15) is 13.3 Å². The van der Waals surface area contributed by atoms with Crippen LogP contribution in [0.5, 0.6) is 11.5 Å². The van der Waals surface area contributed by atoms with Crippen molar-refractivity contribution in [3.63, 3.8) is 0 Å². The number of rotatable bonds is 9. The van der Waals surface area contributed by atoms with E-state index in [4.69, 9.17) is 37.4 Å². The van der Waals surface area contributed by atoms with Gasteiger partial charge in [-0.3, -0.25) is 9.59 Å². The highest BCUT2D eigenvalue weighted by molar-refractivity contribution is 6.36. The Morgan fingerprint density at radius 2 is 1.85 bits per heavy atom. The Balaban J connectivity index is 1.72. The molecule has 0 aliphatic heterocycles. The highest BCUT2D eigenvalue weighted by Crippen LogP contribution is 2.26. The number of pyridine rings is 1. The molecule has 1 amide bonds. The summed E-state index contributed by atoms with van der Waals surface area (Å²) in [5.74, 6) is 0.128. The molecule has 0 aliphatic rings. The minimum absolute atomic E-state index is 0.0201. The molecular weight excluding hydrogens is 395 g/mol. The molecule has 1 N–H and O–H groups in total. The molecule has 144 valence electrons. The summed E-state index contributed by atoms with van der Waals surface area (Å²) in [7, 11) is 0. The van der Waals surface area contributed by atoms with Gasteiger partial charge in [0.05, 0.1) is 29.7 Å². The van der Waals surface area contributed by atoms with Crippen LogP contribution in [0.25, 0.3) is 0 Å². The largest absolute Gasteiger partial charge is 0.490 e. The highest BCUT2D eigenvalue weighted by Gasteiger charge is 2.12. The highest BCUT2D eigenvalue weighted by atomic mass is 35.5. The van der Waals surface area contributed by atoms with E-state index in [1.807, 2.05) is 13.0 Å². The lowest BCUT2D eigenvalue weighted by Gasteiger charge is -2.11. The van der Waals surface area contributed by atoms with E-state index < -0.39 is 18.5 Å². The number of carbonyl (C=O) groups excluding carboxylic acids is 2. The molecule has 0 spiro atoms. The Kier molecular flexibility index (Phi) is 8.16. The zero-order valence-corrected chi connectivity index (χ0v) is 16.0. The molecule has 7 nitrogen and oxygen atoms in total. The van der Waals surface area contributed by atoms with Crippen LogP contribution in [0.4, 0.5) is 5.82 Å². The van der Waals surface area contributed by atoms with Gasteiger partial charge >= 0.3 is 5.97 Å².